The Kier molecular flexibility index (Phi) is 60.8. The monoisotopic (exact) mass is 1180 g/mol. The minimum atomic E-state index is -1.16. The van der Waals surface area contributed by atoms with E-state index in [9.17, 15) is 33.9 Å². The molecule has 0 aliphatic rings. The van der Waals surface area contributed by atoms with Crippen molar-refractivity contribution in [3.8, 4) is 0 Å². The molecular weight excluding hydrogens is 1070 g/mol. The van der Waals surface area contributed by atoms with E-state index < -0.39 is 18.0 Å². The van der Waals surface area contributed by atoms with Crippen LogP contribution in [-0.2, 0) is 85.6 Å². The van der Waals surface area contributed by atoms with E-state index in [1.165, 1.54) is 44.9 Å². The first-order valence-electron chi connectivity index (χ1n) is 30.5. The van der Waals surface area contributed by atoms with E-state index in [4.69, 9.17) is 61.9 Å². The second-order valence-electron chi connectivity index (χ2n) is 19.5. The number of hydrogen-bond donors (Lipinski definition) is 6. The zero-order valence-electron chi connectivity index (χ0n) is 50.3. The van der Waals surface area contributed by atoms with Gasteiger partial charge in [0.05, 0.1) is 158 Å². The molecule has 6 N–H and O–H groups in total. The summed E-state index contributed by atoms with van der Waals surface area (Å²) < 4.78 is 65.8. The molecule has 0 bridgehead atoms. The highest BCUT2D eigenvalue weighted by Crippen LogP contribution is 2.14. The van der Waals surface area contributed by atoms with Crippen molar-refractivity contribution in [1.82, 2.24) is 21.3 Å². The number of likely N-dealkylation sites (N-methyl/N-ethyl adjacent to an activating group) is 1. The van der Waals surface area contributed by atoms with Crippen molar-refractivity contribution in [2.75, 3.05) is 178 Å². The summed E-state index contributed by atoms with van der Waals surface area (Å²) in [7, 11) is 0. The molecule has 0 aromatic carbocycles. The Morgan fingerprint density at radius 3 is 1.04 bits per heavy atom. The van der Waals surface area contributed by atoms with Crippen LogP contribution in [0.5, 0.6) is 0 Å². The summed E-state index contributed by atoms with van der Waals surface area (Å²) in [5.74, 6) is -2.53. The number of nitrogens with one attached hydrogen (secondary N) is 4. The fourth-order valence-corrected chi connectivity index (χ4v) is 7.87. The van der Waals surface area contributed by atoms with Crippen LogP contribution in [-0.4, -0.2) is 236 Å². The average molecular weight is 1180 g/mol. The Balaban J connectivity index is 3.38. The lowest BCUT2D eigenvalue weighted by molar-refractivity contribution is -0.142. The molecule has 0 heterocycles. The van der Waals surface area contributed by atoms with Crippen molar-refractivity contribution in [2.24, 2.45) is 0 Å². The zero-order chi connectivity index (χ0) is 59.9. The lowest BCUT2D eigenvalue weighted by Crippen LogP contribution is -2.41. The second-order valence-corrected chi connectivity index (χ2v) is 19.5. The molecule has 3 amide bonds. The summed E-state index contributed by atoms with van der Waals surface area (Å²) in [4.78, 5) is 70.3. The summed E-state index contributed by atoms with van der Waals surface area (Å²) in [5, 5.41) is 29.5. The highest BCUT2D eigenvalue weighted by atomic mass is 16.6. The summed E-state index contributed by atoms with van der Waals surface area (Å²) >= 11 is 0. The maximum absolute atomic E-state index is 12.4. The van der Waals surface area contributed by atoms with E-state index in [0.29, 0.717) is 158 Å². The fourth-order valence-electron chi connectivity index (χ4n) is 7.87. The third-order valence-electron chi connectivity index (χ3n) is 12.4. The molecule has 0 aromatic rings. The lowest BCUT2D eigenvalue weighted by atomic mass is 10.0. The Hall–Kier alpha value is -3.50. The average Bonchev–Trinajstić information content (AvgIpc) is 3.45. The number of Topliss-reactive ketones (excluding diaryl/α,β-unsaturated/α-hetero) is 1. The predicted molar refractivity (Wildman–Crippen MR) is 308 cm³/mol. The van der Waals surface area contributed by atoms with Crippen LogP contribution in [0.15, 0.2) is 0 Å². The number of carbonyl (C=O) groups is 6. The molecule has 482 valence electrons. The van der Waals surface area contributed by atoms with Crippen molar-refractivity contribution >= 4 is 35.4 Å². The van der Waals surface area contributed by atoms with Gasteiger partial charge in [-0.15, -0.1) is 0 Å². The van der Waals surface area contributed by atoms with Crippen molar-refractivity contribution in [3.05, 3.63) is 0 Å². The Labute approximate surface area is 490 Å². The van der Waals surface area contributed by atoms with E-state index in [2.05, 4.69) is 21.3 Å². The minimum Gasteiger partial charge on any atom is -0.481 e. The number of carboxylic acids is 2. The Morgan fingerprint density at radius 1 is 0.341 bits per heavy atom. The summed E-state index contributed by atoms with van der Waals surface area (Å²) in [5.41, 5.74) is 0. The Bertz CT molecular complexity index is 1490. The normalized spacial score (nSPS) is 12.1. The minimum absolute atomic E-state index is 0.00179. The SMILES string of the molecule is CCN[C@@H](CCCCNC(=O)COCCOCCOCCOCCOCCOCCOCCOCCOCCOCCOCCOCCNC(=O)CC[C@H](NC(=O)CCCCCCCCCCCCCCCCC(=O)O)C(=O)O)C(C)=O. The van der Waals surface area contributed by atoms with Gasteiger partial charge in [-0.05, 0) is 52.0 Å². The van der Waals surface area contributed by atoms with Crippen LogP contribution in [0.2, 0.25) is 0 Å². The molecule has 0 saturated carbocycles. The standard InChI is InChI=1S/C58H110N4O20/c1-3-59-52(51(2)63)20-18-19-25-60-56(66)50-82-49-48-81-47-46-80-45-44-79-43-42-78-41-40-77-39-38-76-37-36-75-35-34-74-33-32-73-31-30-72-29-28-71-27-26-61-54(64)24-23-53(58(69)70)62-55(65)21-16-14-12-10-8-6-4-5-7-9-11-13-15-17-22-57(67)68/h52-53,59H,3-50H2,1-2H3,(H,60,66)(H,61,64)(H,62,65)(H,67,68)(H,69,70)/t52-,53-/m0/s1. The third-order valence-corrected chi connectivity index (χ3v) is 12.4. The van der Waals surface area contributed by atoms with Gasteiger partial charge < -0.3 is 88.3 Å². The van der Waals surface area contributed by atoms with Gasteiger partial charge in [-0.1, -0.05) is 84.0 Å². The second kappa shape index (κ2) is 63.5. The van der Waals surface area contributed by atoms with Gasteiger partial charge in [0.15, 0.2) is 0 Å². The van der Waals surface area contributed by atoms with Gasteiger partial charge in [0.25, 0.3) is 0 Å². The van der Waals surface area contributed by atoms with Gasteiger partial charge in [0.1, 0.15) is 18.4 Å². The van der Waals surface area contributed by atoms with Gasteiger partial charge in [-0.2, -0.15) is 0 Å². The summed E-state index contributed by atoms with van der Waals surface area (Å²) in [6.07, 6.45) is 18.1. The molecule has 0 aliphatic heterocycles. The first-order chi connectivity index (χ1) is 40.1. The lowest BCUT2D eigenvalue weighted by Gasteiger charge is -2.14. The summed E-state index contributed by atoms with van der Waals surface area (Å²) in [6, 6.07) is -1.23. The van der Waals surface area contributed by atoms with Crippen LogP contribution in [0.3, 0.4) is 0 Å². The van der Waals surface area contributed by atoms with E-state index in [0.717, 1.165) is 64.3 Å². The number of rotatable bonds is 68. The first-order valence-corrected chi connectivity index (χ1v) is 30.5. The molecule has 0 rings (SSSR count). The maximum Gasteiger partial charge on any atom is 0.326 e. The number of carboxylic acid groups (broad SMARTS) is 2. The number of aliphatic carboxylic acids is 2. The molecule has 2 atom stereocenters. The molecule has 0 aromatic heterocycles. The van der Waals surface area contributed by atoms with Crippen LogP contribution in [0.1, 0.15) is 149 Å². The zero-order valence-corrected chi connectivity index (χ0v) is 50.3. The van der Waals surface area contributed by atoms with Crippen LogP contribution in [0, 0.1) is 0 Å². The van der Waals surface area contributed by atoms with Gasteiger partial charge in [-0.3, -0.25) is 24.0 Å². The molecule has 24 nitrogen and oxygen atoms in total. The molecule has 0 fully saturated rings. The molecule has 0 saturated heterocycles. The molecule has 0 spiro atoms. The van der Waals surface area contributed by atoms with Gasteiger partial charge in [0, 0.05) is 32.4 Å². The quantitative estimate of drug-likeness (QED) is 0.0444. The van der Waals surface area contributed by atoms with Crippen LogP contribution >= 0.6 is 0 Å². The molecule has 0 aliphatic carbocycles. The summed E-state index contributed by atoms with van der Waals surface area (Å²) in [6.45, 7) is 14.7. The van der Waals surface area contributed by atoms with Crippen molar-refractivity contribution in [3.63, 3.8) is 0 Å². The van der Waals surface area contributed by atoms with E-state index in [-0.39, 0.29) is 75.0 Å². The maximum atomic E-state index is 12.4. The Morgan fingerprint density at radius 2 is 0.683 bits per heavy atom. The van der Waals surface area contributed by atoms with Crippen molar-refractivity contribution in [1.29, 1.82) is 0 Å². The molecular formula is C58H110N4O20. The van der Waals surface area contributed by atoms with E-state index >= 15 is 0 Å². The fraction of sp³-hybridized carbons (Fsp3) is 0.897. The highest BCUT2D eigenvalue weighted by molar-refractivity contribution is 5.84. The van der Waals surface area contributed by atoms with Gasteiger partial charge in [-0.25, -0.2) is 4.79 Å². The number of unbranched alkanes of at least 4 members (excludes halogenated alkanes) is 14. The molecule has 0 unspecified atom stereocenters. The molecule has 0 radical (unpaired) electrons. The van der Waals surface area contributed by atoms with Crippen LogP contribution < -0.4 is 21.3 Å². The van der Waals surface area contributed by atoms with Crippen LogP contribution in [0.25, 0.3) is 0 Å². The van der Waals surface area contributed by atoms with Gasteiger partial charge >= 0.3 is 11.9 Å². The number of hydrogen-bond acceptors (Lipinski definition) is 19. The third kappa shape index (κ3) is 61.1. The van der Waals surface area contributed by atoms with Crippen LogP contribution in [0.4, 0.5) is 0 Å². The number of ketones is 1. The smallest absolute Gasteiger partial charge is 0.326 e. The van der Waals surface area contributed by atoms with Crippen molar-refractivity contribution in [2.45, 2.75) is 161 Å². The number of ether oxygens (including phenoxy) is 12. The largest absolute Gasteiger partial charge is 0.481 e. The number of amides is 3. The van der Waals surface area contributed by atoms with E-state index in [1.807, 2.05) is 6.92 Å². The number of carbonyl (C=O) groups excluding carboxylic acids is 4. The van der Waals surface area contributed by atoms with Gasteiger partial charge in [0.2, 0.25) is 17.7 Å². The molecule has 24 heteroatoms. The van der Waals surface area contributed by atoms with Crippen molar-refractivity contribution < 1.29 is 95.8 Å². The van der Waals surface area contributed by atoms with E-state index in [1.54, 1.807) is 6.92 Å². The predicted octanol–water partition coefficient (Wildman–Crippen LogP) is 4.83. The topological polar surface area (TPSA) is 302 Å². The molecule has 82 heavy (non-hydrogen) atoms. The highest BCUT2D eigenvalue weighted by Gasteiger charge is 2.21. The first kappa shape index (κ1) is 78.5.